The molecule has 0 fully saturated rings. The van der Waals surface area contributed by atoms with E-state index in [1.165, 1.54) is 9.75 Å². The van der Waals surface area contributed by atoms with Gasteiger partial charge in [0.1, 0.15) is 6.61 Å². The number of benzene rings is 1. The molecule has 0 radical (unpaired) electrons. The minimum atomic E-state index is -0.330. The van der Waals surface area contributed by atoms with Crippen molar-refractivity contribution in [1.82, 2.24) is 10.2 Å². The number of rotatable bonds is 3. The molecule has 0 saturated carbocycles. The molecule has 102 valence electrons. The Balaban J connectivity index is 1.80. The first-order chi connectivity index (χ1) is 9.65. The average molecular weight is 286 g/mol. The minimum Gasteiger partial charge on any atom is -0.457 e. The Bertz CT molecular complexity index is 773. The summed E-state index contributed by atoms with van der Waals surface area (Å²) in [5.41, 5.74) is 2.30. The van der Waals surface area contributed by atoms with Crippen LogP contribution in [0.5, 0.6) is 0 Å². The molecule has 2 aromatic heterocycles. The number of fused-ring (bicyclic) bond motifs is 1. The average Bonchev–Trinajstić information content (AvgIpc) is 3.01. The van der Waals surface area contributed by atoms with Crippen LogP contribution in [0.15, 0.2) is 30.5 Å². The van der Waals surface area contributed by atoms with Gasteiger partial charge in [0.05, 0.1) is 17.3 Å². The summed E-state index contributed by atoms with van der Waals surface area (Å²) in [5.74, 6) is -0.330. The Kier molecular flexibility index (Phi) is 3.28. The molecule has 3 rings (SSSR count). The van der Waals surface area contributed by atoms with Gasteiger partial charge in [-0.05, 0) is 26.0 Å². The number of carbonyl (C=O) groups is 1. The summed E-state index contributed by atoms with van der Waals surface area (Å²) in [6, 6.07) is 7.54. The monoisotopic (exact) mass is 286 g/mol. The number of H-pyrrole nitrogens is 1. The lowest BCUT2D eigenvalue weighted by molar-refractivity contribution is 0.0474. The molecule has 0 unspecified atom stereocenters. The Morgan fingerprint density at radius 2 is 2.25 bits per heavy atom. The van der Waals surface area contributed by atoms with E-state index in [2.05, 4.69) is 16.3 Å². The second-order valence-electron chi connectivity index (χ2n) is 4.65. The fourth-order valence-corrected chi connectivity index (χ4v) is 3.12. The molecule has 1 N–H and O–H groups in total. The number of hydrogen-bond donors (Lipinski definition) is 1. The van der Waals surface area contributed by atoms with Gasteiger partial charge < -0.3 is 4.74 Å². The molecule has 0 saturated heterocycles. The third-order valence-electron chi connectivity index (χ3n) is 3.20. The number of nitrogens with one attached hydrogen (secondary N) is 1. The molecule has 0 atom stereocenters. The molecule has 1 aromatic carbocycles. The summed E-state index contributed by atoms with van der Waals surface area (Å²) in [5, 5.41) is 7.69. The molecule has 4 nitrogen and oxygen atoms in total. The van der Waals surface area contributed by atoms with E-state index in [1.807, 2.05) is 26.0 Å². The Hall–Kier alpha value is -2.14. The molecule has 0 spiro atoms. The molecular formula is C15H14N2O2S. The van der Waals surface area contributed by atoms with Gasteiger partial charge in [-0.1, -0.05) is 12.1 Å². The van der Waals surface area contributed by atoms with E-state index in [0.717, 1.165) is 16.5 Å². The maximum atomic E-state index is 12.2. The second kappa shape index (κ2) is 5.09. The molecular weight excluding hydrogens is 272 g/mol. The number of esters is 1. The molecule has 0 aliphatic heterocycles. The van der Waals surface area contributed by atoms with Crippen molar-refractivity contribution in [2.75, 3.05) is 0 Å². The van der Waals surface area contributed by atoms with Crippen molar-refractivity contribution in [2.45, 2.75) is 20.5 Å². The molecule has 20 heavy (non-hydrogen) atoms. The molecule has 0 aliphatic carbocycles. The van der Waals surface area contributed by atoms with Crippen LogP contribution in [0.3, 0.4) is 0 Å². The van der Waals surface area contributed by atoms with E-state index in [9.17, 15) is 4.79 Å². The predicted molar refractivity (Wildman–Crippen MR) is 79.0 cm³/mol. The molecule has 5 heteroatoms. The van der Waals surface area contributed by atoms with E-state index < -0.39 is 0 Å². The Morgan fingerprint density at radius 1 is 1.40 bits per heavy atom. The predicted octanol–water partition coefficient (Wildman–Crippen LogP) is 3.60. The molecule has 0 aliphatic rings. The second-order valence-corrected chi connectivity index (χ2v) is 6.11. The maximum Gasteiger partial charge on any atom is 0.340 e. The number of ether oxygens (including phenoxy) is 1. The summed E-state index contributed by atoms with van der Waals surface area (Å²) in [6.45, 7) is 4.39. The highest BCUT2D eigenvalue weighted by atomic mass is 32.1. The van der Waals surface area contributed by atoms with Crippen LogP contribution in [-0.4, -0.2) is 16.2 Å². The van der Waals surface area contributed by atoms with E-state index in [0.29, 0.717) is 12.2 Å². The number of thiophene rings is 1. The lowest BCUT2D eigenvalue weighted by Gasteiger charge is -2.05. The first-order valence-corrected chi connectivity index (χ1v) is 7.12. The van der Waals surface area contributed by atoms with Crippen molar-refractivity contribution in [1.29, 1.82) is 0 Å². The third-order valence-corrected chi connectivity index (χ3v) is 4.21. The number of hydrogen-bond acceptors (Lipinski definition) is 4. The first-order valence-electron chi connectivity index (χ1n) is 6.30. The van der Waals surface area contributed by atoms with Crippen LogP contribution >= 0.6 is 11.3 Å². The van der Waals surface area contributed by atoms with Gasteiger partial charge >= 0.3 is 5.97 Å². The zero-order chi connectivity index (χ0) is 14.1. The topological polar surface area (TPSA) is 55.0 Å². The summed E-state index contributed by atoms with van der Waals surface area (Å²) in [4.78, 5) is 14.6. The highest BCUT2D eigenvalue weighted by molar-refractivity contribution is 7.12. The first kappa shape index (κ1) is 12.9. The van der Waals surface area contributed by atoms with Gasteiger partial charge in [-0.15, -0.1) is 11.3 Å². The molecule has 3 aromatic rings. The Morgan fingerprint density at radius 3 is 3.00 bits per heavy atom. The van der Waals surface area contributed by atoms with Crippen LogP contribution < -0.4 is 0 Å². The number of aryl methyl sites for hydroxylation is 2. The number of nitrogens with zero attached hydrogens (tertiary/aromatic N) is 1. The van der Waals surface area contributed by atoms with E-state index in [4.69, 9.17) is 4.74 Å². The van der Waals surface area contributed by atoms with Gasteiger partial charge in [0.25, 0.3) is 0 Å². The highest BCUT2D eigenvalue weighted by Gasteiger charge is 2.13. The van der Waals surface area contributed by atoms with Gasteiger partial charge in [0.15, 0.2) is 0 Å². The van der Waals surface area contributed by atoms with Gasteiger partial charge in [-0.2, -0.15) is 5.10 Å². The smallest absolute Gasteiger partial charge is 0.340 e. The summed E-state index contributed by atoms with van der Waals surface area (Å²) in [7, 11) is 0. The molecule has 0 amide bonds. The fraction of sp³-hybridized carbons (Fsp3) is 0.200. The normalized spacial score (nSPS) is 10.9. The van der Waals surface area contributed by atoms with Crippen LogP contribution in [0.2, 0.25) is 0 Å². The number of carbonyl (C=O) groups excluding carboxylic acids is 1. The number of aromatic nitrogens is 2. The highest BCUT2D eigenvalue weighted by Crippen LogP contribution is 2.22. The lowest BCUT2D eigenvalue weighted by Crippen LogP contribution is -2.06. The number of aromatic amines is 1. The fourth-order valence-electron chi connectivity index (χ4n) is 2.19. The minimum absolute atomic E-state index is 0.305. The quantitative estimate of drug-likeness (QED) is 0.748. The van der Waals surface area contributed by atoms with E-state index in [-0.39, 0.29) is 5.97 Å². The van der Waals surface area contributed by atoms with Crippen LogP contribution in [0, 0.1) is 13.8 Å². The van der Waals surface area contributed by atoms with Crippen molar-refractivity contribution >= 4 is 28.2 Å². The van der Waals surface area contributed by atoms with Gasteiger partial charge in [-0.3, -0.25) is 5.10 Å². The maximum absolute atomic E-state index is 12.2. The van der Waals surface area contributed by atoms with Crippen LogP contribution in [-0.2, 0) is 11.3 Å². The molecule has 0 bridgehead atoms. The largest absolute Gasteiger partial charge is 0.457 e. The van der Waals surface area contributed by atoms with Gasteiger partial charge in [0.2, 0.25) is 0 Å². The van der Waals surface area contributed by atoms with E-state index >= 15 is 0 Å². The zero-order valence-electron chi connectivity index (χ0n) is 11.3. The summed E-state index contributed by atoms with van der Waals surface area (Å²) in [6.07, 6.45) is 1.69. The van der Waals surface area contributed by atoms with Crippen LogP contribution in [0.25, 0.3) is 10.9 Å². The van der Waals surface area contributed by atoms with E-state index in [1.54, 1.807) is 23.6 Å². The van der Waals surface area contributed by atoms with Crippen molar-refractivity contribution < 1.29 is 9.53 Å². The summed E-state index contributed by atoms with van der Waals surface area (Å²) >= 11 is 1.71. The summed E-state index contributed by atoms with van der Waals surface area (Å²) < 4.78 is 5.41. The lowest BCUT2D eigenvalue weighted by atomic mass is 10.1. The van der Waals surface area contributed by atoms with Crippen LogP contribution in [0.4, 0.5) is 0 Å². The van der Waals surface area contributed by atoms with Gasteiger partial charge in [-0.25, -0.2) is 4.79 Å². The zero-order valence-corrected chi connectivity index (χ0v) is 12.1. The van der Waals surface area contributed by atoms with Crippen molar-refractivity contribution in [3.05, 3.63) is 51.3 Å². The number of para-hydroxylation sites is 1. The third kappa shape index (κ3) is 2.32. The standard InChI is InChI=1S/C15H14N2O2S/c1-9-6-12(10(2)20-9)8-19-15(18)13-5-3-4-11-7-16-17-14(11)13/h3-7H,8H2,1-2H3,(H,16,17). The van der Waals surface area contributed by atoms with Crippen molar-refractivity contribution in [3.8, 4) is 0 Å². The van der Waals surface area contributed by atoms with Gasteiger partial charge in [0, 0.05) is 20.7 Å². The SMILES string of the molecule is Cc1cc(COC(=O)c2cccc3cn[nH]c23)c(C)s1. The Labute approximate surface area is 120 Å². The van der Waals surface area contributed by atoms with Crippen molar-refractivity contribution in [3.63, 3.8) is 0 Å². The molecule has 2 heterocycles. The van der Waals surface area contributed by atoms with Crippen molar-refractivity contribution in [2.24, 2.45) is 0 Å². The van der Waals surface area contributed by atoms with Crippen LogP contribution in [0.1, 0.15) is 25.7 Å².